The summed E-state index contributed by atoms with van der Waals surface area (Å²) < 4.78 is 25.4. The van der Waals surface area contributed by atoms with Gasteiger partial charge in [-0.15, -0.1) is 11.6 Å². The molecule has 9 nitrogen and oxygen atoms in total. The average molecular weight is 367 g/mol. The molecule has 0 unspecified atom stereocenters. The molecule has 24 heavy (non-hydrogen) atoms. The molecular formula is C14H19ClO9. The second-order valence-corrected chi connectivity index (χ2v) is 5.55. The first-order chi connectivity index (χ1) is 11.1. The number of carbonyl (C=O) groups is 4. The van der Waals surface area contributed by atoms with Gasteiger partial charge in [-0.3, -0.25) is 19.2 Å². The van der Waals surface area contributed by atoms with E-state index in [0.717, 1.165) is 20.8 Å². The molecule has 1 aliphatic rings. The van der Waals surface area contributed by atoms with Crippen LogP contribution in [0.25, 0.3) is 0 Å². The molecule has 1 fully saturated rings. The van der Waals surface area contributed by atoms with E-state index >= 15 is 0 Å². The number of esters is 4. The molecule has 1 aliphatic heterocycles. The van der Waals surface area contributed by atoms with Gasteiger partial charge < -0.3 is 23.7 Å². The van der Waals surface area contributed by atoms with Crippen molar-refractivity contribution in [3.05, 3.63) is 0 Å². The van der Waals surface area contributed by atoms with Crippen LogP contribution in [0.1, 0.15) is 27.7 Å². The minimum absolute atomic E-state index is 0.258. The number of hydrogen-bond acceptors (Lipinski definition) is 9. The van der Waals surface area contributed by atoms with Crippen LogP contribution in [0.4, 0.5) is 0 Å². The second-order valence-electron chi connectivity index (χ2n) is 5.05. The molecule has 1 heterocycles. The van der Waals surface area contributed by atoms with Crippen LogP contribution in [0.15, 0.2) is 0 Å². The van der Waals surface area contributed by atoms with Crippen molar-refractivity contribution in [3.8, 4) is 0 Å². The first-order valence-electron chi connectivity index (χ1n) is 7.06. The lowest BCUT2D eigenvalue weighted by molar-refractivity contribution is -0.269. The Morgan fingerprint density at radius 3 is 1.79 bits per heavy atom. The summed E-state index contributed by atoms with van der Waals surface area (Å²) in [4.78, 5) is 44.9. The average Bonchev–Trinajstić information content (AvgIpc) is 2.42. The molecule has 0 aromatic carbocycles. The molecule has 1 rings (SSSR count). The molecule has 0 radical (unpaired) electrons. The maximum atomic E-state index is 11.3. The van der Waals surface area contributed by atoms with Gasteiger partial charge >= 0.3 is 23.9 Å². The Morgan fingerprint density at radius 2 is 1.33 bits per heavy atom. The van der Waals surface area contributed by atoms with E-state index in [2.05, 4.69) is 0 Å². The quantitative estimate of drug-likeness (QED) is 0.385. The number of ether oxygens (including phenoxy) is 5. The molecule has 0 aromatic heterocycles. The summed E-state index contributed by atoms with van der Waals surface area (Å²) in [6.45, 7) is 4.34. The molecule has 136 valence electrons. The number of alkyl halides is 1. The molecule has 1 saturated heterocycles. The lowest BCUT2D eigenvalue weighted by Gasteiger charge is -2.42. The summed E-state index contributed by atoms with van der Waals surface area (Å²) in [5.74, 6) is -2.67. The maximum absolute atomic E-state index is 11.3. The zero-order valence-electron chi connectivity index (χ0n) is 13.6. The Balaban J connectivity index is 3.07. The molecule has 0 saturated carbocycles. The molecule has 10 heteroatoms. The molecule has 0 aliphatic carbocycles. The van der Waals surface area contributed by atoms with Crippen molar-refractivity contribution in [3.63, 3.8) is 0 Å². The Labute approximate surface area is 143 Å². The Hall–Kier alpha value is -1.87. The molecular weight excluding hydrogens is 348 g/mol. The van der Waals surface area contributed by atoms with E-state index in [1.54, 1.807) is 0 Å². The highest BCUT2D eigenvalue weighted by atomic mass is 35.5. The van der Waals surface area contributed by atoms with Gasteiger partial charge in [0, 0.05) is 27.7 Å². The smallest absolute Gasteiger partial charge is 0.305 e. The van der Waals surface area contributed by atoms with Crippen LogP contribution < -0.4 is 0 Å². The predicted molar refractivity (Wildman–Crippen MR) is 77.8 cm³/mol. The molecule has 0 amide bonds. The lowest BCUT2D eigenvalue weighted by Crippen LogP contribution is -2.60. The maximum Gasteiger partial charge on any atom is 0.305 e. The van der Waals surface area contributed by atoms with Crippen molar-refractivity contribution in [1.29, 1.82) is 0 Å². The summed E-state index contributed by atoms with van der Waals surface area (Å²) in [5.41, 5.74) is 0. The predicted octanol–water partition coefficient (Wildman–Crippen LogP) is 0.308. The normalized spacial score (nSPS) is 29.3. The van der Waals surface area contributed by atoms with Gasteiger partial charge in [0.15, 0.2) is 6.10 Å². The molecule has 0 aromatic rings. The van der Waals surface area contributed by atoms with Gasteiger partial charge in [0.05, 0.1) is 0 Å². The molecule has 5 atom stereocenters. The Kier molecular flexibility index (Phi) is 7.43. The number of halogens is 1. The van der Waals surface area contributed by atoms with Crippen LogP contribution in [0.2, 0.25) is 0 Å². The molecule has 0 N–H and O–H groups in total. The highest BCUT2D eigenvalue weighted by Gasteiger charge is 2.51. The molecule has 0 bridgehead atoms. The summed E-state index contributed by atoms with van der Waals surface area (Å²) in [7, 11) is 0. The zero-order valence-corrected chi connectivity index (χ0v) is 14.4. The minimum Gasteiger partial charge on any atom is -0.463 e. The lowest BCUT2D eigenvalue weighted by atomic mass is 10.0. The summed E-state index contributed by atoms with van der Waals surface area (Å²) in [6.07, 6.45) is -4.74. The standard InChI is InChI=1S/C14H19ClO9/c1-6(16)20-5-10-11(15)12(21-7(2)17)13(22-8(3)18)14(24-10)23-9(4)19/h10-14H,5H2,1-4H3/t10-,11+,12+,13-,14+/m1/s1. The summed E-state index contributed by atoms with van der Waals surface area (Å²) >= 11 is 6.23. The fraction of sp³-hybridized carbons (Fsp3) is 0.714. The number of rotatable bonds is 5. The fourth-order valence-corrected chi connectivity index (χ4v) is 2.43. The van der Waals surface area contributed by atoms with E-state index in [9.17, 15) is 19.2 Å². The van der Waals surface area contributed by atoms with E-state index in [1.807, 2.05) is 0 Å². The van der Waals surface area contributed by atoms with Crippen LogP contribution in [-0.2, 0) is 42.9 Å². The van der Waals surface area contributed by atoms with Crippen molar-refractivity contribution in [2.75, 3.05) is 6.61 Å². The third kappa shape index (κ3) is 5.97. The SMILES string of the molecule is CC(=O)OC[C@H]1O[C@H](OC(C)=O)[C@H](OC(C)=O)[C@@H](OC(C)=O)[C@H]1Cl. The minimum atomic E-state index is -1.37. The first kappa shape index (κ1) is 20.2. The van der Waals surface area contributed by atoms with Gasteiger partial charge in [0.2, 0.25) is 12.4 Å². The number of carbonyl (C=O) groups excluding carboxylic acids is 4. The first-order valence-corrected chi connectivity index (χ1v) is 7.50. The van der Waals surface area contributed by atoms with Crippen molar-refractivity contribution in [2.24, 2.45) is 0 Å². The second kappa shape index (κ2) is 8.84. The Morgan fingerprint density at radius 1 is 0.833 bits per heavy atom. The van der Waals surface area contributed by atoms with Crippen molar-refractivity contribution in [2.45, 2.75) is 57.7 Å². The Bertz CT molecular complexity index is 506. The van der Waals surface area contributed by atoms with Crippen LogP contribution >= 0.6 is 11.6 Å². The van der Waals surface area contributed by atoms with E-state index in [0.29, 0.717) is 0 Å². The fourth-order valence-electron chi connectivity index (χ4n) is 2.10. The van der Waals surface area contributed by atoms with Crippen LogP contribution in [0.5, 0.6) is 0 Å². The van der Waals surface area contributed by atoms with E-state index in [1.165, 1.54) is 6.92 Å². The van der Waals surface area contributed by atoms with Gasteiger partial charge in [-0.25, -0.2) is 0 Å². The van der Waals surface area contributed by atoms with E-state index < -0.39 is 53.9 Å². The van der Waals surface area contributed by atoms with Gasteiger partial charge in [-0.2, -0.15) is 0 Å². The van der Waals surface area contributed by atoms with Gasteiger partial charge in [0.1, 0.15) is 18.1 Å². The van der Waals surface area contributed by atoms with Gasteiger partial charge in [-0.05, 0) is 0 Å². The summed E-state index contributed by atoms with van der Waals surface area (Å²) in [5, 5.41) is -1.01. The van der Waals surface area contributed by atoms with Gasteiger partial charge in [-0.1, -0.05) is 0 Å². The number of hydrogen-bond donors (Lipinski definition) is 0. The van der Waals surface area contributed by atoms with E-state index in [-0.39, 0.29) is 6.61 Å². The third-order valence-corrected chi connectivity index (χ3v) is 3.44. The van der Waals surface area contributed by atoms with Crippen LogP contribution in [0.3, 0.4) is 0 Å². The monoisotopic (exact) mass is 366 g/mol. The topological polar surface area (TPSA) is 114 Å². The highest BCUT2D eigenvalue weighted by Crippen LogP contribution is 2.30. The van der Waals surface area contributed by atoms with Crippen LogP contribution in [-0.4, -0.2) is 60.5 Å². The van der Waals surface area contributed by atoms with E-state index in [4.69, 9.17) is 35.3 Å². The van der Waals surface area contributed by atoms with Crippen molar-refractivity contribution in [1.82, 2.24) is 0 Å². The van der Waals surface area contributed by atoms with Crippen molar-refractivity contribution < 1.29 is 42.9 Å². The van der Waals surface area contributed by atoms with Crippen molar-refractivity contribution >= 4 is 35.5 Å². The molecule has 0 spiro atoms. The zero-order chi connectivity index (χ0) is 18.4. The highest BCUT2D eigenvalue weighted by molar-refractivity contribution is 6.21. The third-order valence-electron chi connectivity index (χ3n) is 2.91. The summed E-state index contributed by atoms with van der Waals surface area (Å²) in [6, 6.07) is 0. The largest absolute Gasteiger partial charge is 0.463 e. The van der Waals surface area contributed by atoms with Crippen LogP contribution in [0, 0.1) is 0 Å². The van der Waals surface area contributed by atoms with Gasteiger partial charge in [0.25, 0.3) is 0 Å².